The highest BCUT2D eigenvalue weighted by molar-refractivity contribution is 7.99. The molecule has 0 fully saturated rings. The zero-order valence-electron chi connectivity index (χ0n) is 13.8. The van der Waals surface area contributed by atoms with Crippen molar-refractivity contribution in [2.75, 3.05) is 5.75 Å². The molecule has 26 heavy (non-hydrogen) atoms. The SMILES string of the molecule is C[C@H](NC(=O)CSc1nnc(-c2ccc(F)cc2)o1)c1ccccc1Cl. The van der Waals surface area contributed by atoms with Crippen LogP contribution in [0.25, 0.3) is 11.5 Å². The number of benzene rings is 2. The van der Waals surface area contributed by atoms with Gasteiger partial charge in [-0.3, -0.25) is 4.79 Å². The Morgan fingerprint density at radius 1 is 1.23 bits per heavy atom. The largest absolute Gasteiger partial charge is 0.411 e. The summed E-state index contributed by atoms with van der Waals surface area (Å²) in [6, 6.07) is 12.9. The molecule has 0 bridgehead atoms. The van der Waals surface area contributed by atoms with Gasteiger partial charge in [-0.2, -0.15) is 0 Å². The van der Waals surface area contributed by atoms with Crippen LogP contribution in [0.1, 0.15) is 18.5 Å². The van der Waals surface area contributed by atoms with Crippen molar-refractivity contribution in [2.45, 2.75) is 18.2 Å². The first-order valence-electron chi connectivity index (χ1n) is 7.79. The van der Waals surface area contributed by atoms with Gasteiger partial charge in [0.25, 0.3) is 5.22 Å². The fourth-order valence-corrected chi connectivity index (χ4v) is 3.17. The topological polar surface area (TPSA) is 68.0 Å². The summed E-state index contributed by atoms with van der Waals surface area (Å²) in [6.07, 6.45) is 0. The lowest BCUT2D eigenvalue weighted by atomic mass is 10.1. The molecular weight excluding hydrogens is 377 g/mol. The molecule has 0 aliphatic carbocycles. The van der Waals surface area contributed by atoms with Gasteiger partial charge in [-0.1, -0.05) is 41.6 Å². The van der Waals surface area contributed by atoms with E-state index in [0.29, 0.717) is 10.6 Å². The number of rotatable bonds is 6. The van der Waals surface area contributed by atoms with Crippen molar-refractivity contribution in [3.05, 3.63) is 64.9 Å². The second kappa shape index (κ2) is 8.33. The first kappa shape index (κ1) is 18.4. The van der Waals surface area contributed by atoms with E-state index in [2.05, 4.69) is 15.5 Å². The van der Waals surface area contributed by atoms with Gasteiger partial charge in [0.15, 0.2) is 0 Å². The highest BCUT2D eigenvalue weighted by atomic mass is 35.5. The molecule has 5 nitrogen and oxygen atoms in total. The zero-order valence-corrected chi connectivity index (χ0v) is 15.4. The van der Waals surface area contributed by atoms with Crippen LogP contribution in [0.15, 0.2) is 58.2 Å². The maximum atomic E-state index is 12.9. The monoisotopic (exact) mass is 391 g/mol. The van der Waals surface area contributed by atoms with Gasteiger partial charge in [0.1, 0.15) is 5.82 Å². The van der Waals surface area contributed by atoms with Gasteiger partial charge in [-0.25, -0.2) is 4.39 Å². The second-order valence-corrected chi connectivity index (χ2v) is 6.81. The van der Waals surface area contributed by atoms with Gasteiger partial charge in [0.2, 0.25) is 11.8 Å². The Hall–Kier alpha value is -2.38. The van der Waals surface area contributed by atoms with E-state index in [1.807, 2.05) is 25.1 Å². The Balaban J connectivity index is 1.55. The van der Waals surface area contributed by atoms with Gasteiger partial charge in [-0.15, -0.1) is 10.2 Å². The van der Waals surface area contributed by atoms with E-state index in [1.54, 1.807) is 18.2 Å². The number of carbonyl (C=O) groups excluding carboxylic acids is 1. The molecule has 0 aliphatic heterocycles. The van der Waals surface area contributed by atoms with E-state index in [0.717, 1.165) is 17.3 Å². The third-order valence-corrected chi connectivity index (χ3v) is 4.74. The highest BCUT2D eigenvalue weighted by Gasteiger charge is 2.15. The molecule has 3 rings (SSSR count). The summed E-state index contributed by atoms with van der Waals surface area (Å²) in [5, 5.41) is 11.5. The number of thioether (sulfide) groups is 1. The van der Waals surface area contributed by atoms with Gasteiger partial charge in [0.05, 0.1) is 11.8 Å². The van der Waals surface area contributed by atoms with Crippen LogP contribution in [0.3, 0.4) is 0 Å². The van der Waals surface area contributed by atoms with Gasteiger partial charge >= 0.3 is 0 Å². The highest BCUT2D eigenvalue weighted by Crippen LogP contribution is 2.24. The van der Waals surface area contributed by atoms with Crippen LogP contribution in [-0.4, -0.2) is 21.9 Å². The fourth-order valence-electron chi connectivity index (χ4n) is 2.29. The summed E-state index contributed by atoms with van der Waals surface area (Å²) in [5.74, 6) is -0.117. The van der Waals surface area contributed by atoms with Crippen LogP contribution in [0, 0.1) is 5.82 Å². The minimum absolute atomic E-state index is 0.125. The Bertz CT molecular complexity index is 901. The number of carbonyl (C=O) groups is 1. The summed E-state index contributed by atoms with van der Waals surface area (Å²) in [6.45, 7) is 1.86. The van der Waals surface area contributed by atoms with Crippen molar-refractivity contribution >= 4 is 29.3 Å². The summed E-state index contributed by atoms with van der Waals surface area (Å²) in [4.78, 5) is 12.1. The number of hydrogen-bond acceptors (Lipinski definition) is 5. The molecule has 0 unspecified atom stereocenters. The van der Waals surface area contributed by atoms with Crippen LogP contribution in [0.2, 0.25) is 5.02 Å². The molecule has 0 radical (unpaired) electrons. The number of nitrogens with one attached hydrogen (secondary N) is 1. The summed E-state index contributed by atoms with van der Waals surface area (Å²) >= 11 is 7.26. The molecule has 134 valence electrons. The predicted molar refractivity (Wildman–Crippen MR) is 98.4 cm³/mol. The maximum Gasteiger partial charge on any atom is 0.277 e. The Kier molecular flexibility index (Phi) is 5.90. The van der Waals surface area contributed by atoms with E-state index < -0.39 is 0 Å². The average Bonchev–Trinajstić information content (AvgIpc) is 3.10. The van der Waals surface area contributed by atoms with Crippen LogP contribution in [0.5, 0.6) is 0 Å². The lowest BCUT2D eigenvalue weighted by molar-refractivity contribution is -0.119. The lowest BCUT2D eigenvalue weighted by Gasteiger charge is -2.15. The van der Waals surface area contributed by atoms with Gasteiger partial charge in [-0.05, 0) is 42.8 Å². The fraction of sp³-hybridized carbons (Fsp3) is 0.167. The number of amides is 1. The molecule has 1 atom stereocenters. The first-order chi connectivity index (χ1) is 12.5. The maximum absolute atomic E-state index is 12.9. The molecule has 1 heterocycles. The van der Waals surface area contributed by atoms with E-state index in [4.69, 9.17) is 16.0 Å². The average molecular weight is 392 g/mol. The van der Waals surface area contributed by atoms with Gasteiger partial charge < -0.3 is 9.73 Å². The van der Waals surface area contributed by atoms with Crippen LogP contribution >= 0.6 is 23.4 Å². The summed E-state index contributed by atoms with van der Waals surface area (Å²) in [7, 11) is 0. The number of halogens is 2. The third-order valence-electron chi connectivity index (χ3n) is 3.57. The van der Waals surface area contributed by atoms with Crippen LogP contribution < -0.4 is 5.32 Å². The number of nitrogens with zero attached hydrogens (tertiary/aromatic N) is 2. The van der Waals surface area contributed by atoms with Crippen molar-refractivity contribution in [1.29, 1.82) is 0 Å². The van der Waals surface area contributed by atoms with Crippen LogP contribution in [0.4, 0.5) is 4.39 Å². The third kappa shape index (κ3) is 4.62. The zero-order chi connectivity index (χ0) is 18.5. The molecule has 0 saturated carbocycles. The minimum atomic E-state index is -0.341. The first-order valence-corrected chi connectivity index (χ1v) is 9.15. The summed E-state index contributed by atoms with van der Waals surface area (Å²) < 4.78 is 18.4. The molecule has 2 aromatic carbocycles. The molecule has 0 spiro atoms. The Morgan fingerprint density at radius 3 is 2.69 bits per heavy atom. The molecule has 3 aromatic rings. The van der Waals surface area contributed by atoms with E-state index in [-0.39, 0.29) is 34.6 Å². The molecule has 1 aromatic heterocycles. The normalized spacial score (nSPS) is 12.0. The predicted octanol–water partition coefficient (Wildman–Crippen LogP) is 4.50. The molecule has 1 amide bonds. The van der Waals surface area contributed by atoms with Crippen molar-refractivity contribution in [3.63, 3.8) is 0 Å². The van der Waals surface area contributed by atoms with Crippen LogP contribution in [-0.2, 0) is 4.79 Å². The molecule has 0 aliphatic rings. The van der Waals surface area contributed by atoms with Gasteiger partial charge in [0, 0.05) is 10.6 Å². The van der Waals surface area contributed by atoms with Crippen molar-refractivity contribution < 1.29 is 13.6 Å². The van der Waals surface area contributed by atoms with E-state index >= 15 is 0 Å². The molecule has 0 saturated heterocycles. The van der Waals surface area contributed by atoms with Crippen molar-refractivity contribution in [1.82, 2.24) is 15.5 Å². The van der Waals surface area contributed by atoms with Crippen molar-refractivity contribution in [3.8, 4) is 11.5 Å². The second-order valence-electron chi connectivity index (χ2n) is 5.48. The smallest absolute Gasteiger partial charge is 0.277 e. The number of hydrogen-bond donors (Lipinski definition) is 1. The Morgan fingerprint density at radius 2 is 1.96 bits per heavy atom. The van der Waals surface area contributed by atoms with E-state index in [1.165, 1.54) is 12.1 Å². The van der Waals surface area contributed by atoms with Crippen molar-refractivity contribution in [2.24, 2.45) is 0 Å². The Labute approximate surface area is 159 Å². The summed E-state index contributed by atoms with van der Waals surface area (Å²) in [5.41, 5.74) is 1.46. The van der Waals surface area contributed by atoms with E-state index in [9.17, 15) is 9.18 Å². The standard InChI is InChI=1S/C18H15ClFN3O2S/c1-11(14-4-2-3-5-15(14)19)21-16(24)10-26-18-23-22-17(25-18)12-6-8-13(20)9-7-12/h2-9,11H,10H2,1H3,(H,21,24)/t11-/m0/s1. The molecular formula is C18H15ClFN3O2S. The minimum Gasteiger partial charge on any atom is -0.411 e. The molecule has 1 N–H and O–H groups in total. The quantitative estimate of drug-likeness (QED) is 0.626. The lowest BCUT2D eigenvalue weighted by Crippen LogP contribution is -2.28. The number of aromatic nitrogens is 2. The molecule has 8 heteroatoms.